The van der Waals surface area contributed by atoms with E-state index in [1.54, 1.807) is 0 Å². The highest BCUT2D eigenvalue weighted by molar-refractivity contribution is 5.98. The van der Waals surface area contributed by atoms with Gasteiger partial charge in [0.05, 0.1) is 6.20 Å². The highest BCUT2D eigenvalue weighted by atomic mass is 16.4. The molecule has 2 rings (SSSR count). The molecule has 0 saturated heterocycles. The first-order valence-corrected chi connectivity index (χ1v) is 6.37. The fourth-order valence-corrected chi connectivity index (χ4v) is 2.03. The van der Waals surface area contributed by atoms with Crippen molar-refractivity contribution < 1.29 is 5.21 Å². The van der Waals surface area contributed by atoms with E-state index in [2.05, 4.69) is 15.6 Å². The molecule has 0 aliphatic rings. The number of aryl methyl sites for hydroxylation is 1. The summed E-state index contributed by atoms with van der Waals surface area (Å²) < 4.78 is 1.85. The fraction of sp³-hybridized carbons (Fsp3) is 0.286. The largest absolute Gasteiger partial charge is 0.409 e. The molecule has 20 heavy (non-hydrogen) atoms. The third-order valence-corrected chi connectivity index (χ3v) is 3.37. The van der Waals surface area contributed by atoms with E-state index >= 15 is 0 Å². The van der Waals surface area contributed by atoms with Gasteiger partial charge in [0.25, 0.3) is 0 Å². The fourth-order valence-electron chi connectivity index (χ4n) is 2.03. The van der Waals surface area contributed by atoms with Crippen molar-refractivity contribution in [2.24, 2.45) is 17.9 Å². The van der Waals surface area contributed by atoms with Crippen LogP contribution < -0.4 is 11.1 Å². The predicted octanol–water partition coefficient (Wildman–Crippen LogP) is 1.11. The minimum absolute atomic E-state index is 0.125. The second-order valence-corrected chi connectivity index (χ2v) is 4.62. The van der Waals surface area contributed by atoms with Crippen molar-refractivity contribution in [1.29, 1.82) is 0 Å². The molecule has 0 aliphatic carbocycles. The molecule has 0 atom stereocenters. The van der Waals surface area contributed by atoms with Crippen LogP contribution in [0.2, 0.25) is 0 Å². The zero-order valence-electron chi connectivity index (χ0n) is 11.7. The SMILES string of the molecule is Cc1c(CNCc2ccccc2/C(N)=N/O)cnn1C. The Morgan fingerprint density at radius 3 is 2.70 bits per heavy atom. The Balaban J connectivity index is 2.03. The van der Waals surface area contributed by atoms with Gasteiger partial charge in [-0.2, -0.15) is 5.10 Å². The Hall–Kier alpha value is -2.34. The standard InChI is InChI=1S/C14H19N5O/c1-10-12(9-17-19(10)2)8-16-7-11-5-3-4-6-13(11)14(15)18-20/h3-6,9,16,20H,7-8H2,1-2H3,(H2,15,18). The summed E-state index contributed by atoms with van der Waals surface area (Å²) in [5, 5.41) is 19.4. The molecule has 1 aromatic heterocycles. The summed E-state index contributed by atoms with van der Waals surface area (Å²) in [5.74, 6) is 0.125. The van der Waals surface area contributed by atoms with Gasteiger partial charge in [-0.25, -0.2) is 0 Å². The van der Waals surface area contributed by atoms with Crippen molar-refractivity contribution in [3.8, 4) is 0 Å². The second-order valence-electron chi connectivity index (χ2n) is 4.62. The van der Waals surface area contributed by atoms with E-state index in [1.807, 2.05) is 49.1 Å². The molecule has 1 aromatic carbocycles. The van der Waals surface area contributed by atoms with E-state index in [1.165, 1.54) is 0 Å². The minimum atomic E-state index is 0.125. The number of nitrogens with two attached hydrogens (primary N) is 1. The average Bonchev–Trinajstić information content (AvgIpc) is 2.79. The lowest BCUT2D eigenvalue weighted by atomic mass is 10.1. The van der Waals surface area contributed by atoms with Gasteiger partial charge in [0, 0.05) is 37.0 Å². The van der Waals surface area contributed by atoms with Crippen LogP contribution in [0.5, 0.6) is 0 Å². The molecule has 0 amide bonds. The van der Waals surface area contributed by atoms with Gasteiger partial charge in [-0.15, -0.1) is 0 Å². The van der Waals surface area contributed by atoms with Crippen LogP contribution in [0, 0.1) is 6.92 Å². The van der Waals surface area contributed by atoms with Gasteiger partial charge in [-0.05, 0) is 12.5 Å². The highest BCUT2D eigenvalue weighted by Gasteiger charge is 2.07. The first kappa shape index (κ1) is 14.1. The lowest BCUT2D eigenvalue weighted by Crippen LogP contribution is -2.19. The normalized spacial score (nSPS) is 11.8. The number of benzene rings is 1. The molecule has 0 saturated carbocycles. The molecule has 2 aromatic rings. The summed E-state index contributed by atoms with van der Waals surface area (Å²) >= 11 is 0. The molecule has 0 radical (unpaired) electrons. The molecule has 0 fully saturated rings. The molecule has 0 unspecified atom stereocenters. The Kier molecular flexibility index (Phi) is 4.37. The van der Waals surface area contributed by atoms with Crippen LogP contribution in [-0.2, 0) is 20.1 Å². The summed E-state index contributed by atoms with van der Waals surface area (Å²) in [6.07, 6.45) is 1.86. The molecular weight excluding hydrogens is 254 g/mol. The van der Waals surface area contributed by atoms with Crippen LogP contribution in [-0.4, -0.2) is 20.8 Å². The number of nitrogens with one attached hydrogen (secondary N) is 1. The lowest BCUT2D eigenvalue weighted by molar-refractivity contribution is 0.318. The number of aromatic nitrogens is 2. The second kappa shape index (κ2) is 6.21. The van der Waals surface area contributed by atoms with Crippen LogP contribution in [0.4, 0.5) is 0 Å². The van der Waals surface area contributed by atoms with Gasteiger partial charge in [-0.3, -0.25) is 4.68 Å². The number of hydrogen-bond acceptors (Lipinski definition) is 4. The van der Waals surface area contributed by atoms with Crippen LogP contribution in [0.3, 0.4) is 0 Å². The van der Waals surface area contributed by atoms with Crippen molar-refractivity contribution in [3.05, 3.63) is 52.8 Å². The molecule has 1 heterocycles. The van der Waals surface area contributed by atoms with Crippen molar-refractivity contribution >= 4 is 5.84 Å². The van der Waals surface area contributed by atoms with E-state index in [0.29, 0.717) is 6.54 Å². The van der Waals surface area contributed by atoms with Gasteiger partial charge in [-0.1, -0.05) is 29.4 Å². The topological polar surface area (TPSA) is 88.5 Å². The van der Waals surface area contributed by atoms with E-state index < -0.39 is 0 Å². The van der Waals surface area contributed by atoms with Gasteiger partial charge >= 0.3 is 0 Å². The quantitative estimate of drug-likeness (QED) is 0.329. The summed E-state index contributed by atoms with van der Waals surface area (Å²) in [6, 6.07) is 7.58. The van der Waals surface area contributed by atoms with Gasteiger partial charge in [0.15, 0.2) is 5.84 Å². The summed E-state index contributed by atoms with van der Waals surface area (Å²) in [6.45, 7) is 3.40. The molecule has 0 bridgehead atoms. The van der Waals surface area contributed by atoms with Crippen LogP contribution in [0.1, 0.15) is 22.4 Å². The monoisotopic (exact) mass is 273 g/mol. The highest BCUT2D eigenvalue weighted by Crippen LogP contribution is 2.10. The number of amidine groups is 1. The predicted molar refractivity (Wildman–Crippen MR) is 77.4 cm³/mol. The maximum atomic E-state index is 8.79. The van der Waals surface area contributed by atoms with E-state index in [0.717, 1.165) is 28.9 Å². The van der Waals surface area contributed by atoms with Gasteiger partial charge in [0.1, 0.15) is 0 Å². The maximum absolute atomic E-state index is 8.79. The molecular formula is C14H19N5O. The van der Waals surface area contributed by atoms with Gasteiger partial charge < -0.3 is 16.3 Å². The lowest BCUT2D eigenvalue weighted by Gasteiger charge is -2.09. The summed E-state index contributed by atoms with van der Waals surface area (Å²) in [7, 11) is 1.92. The third kappa shape index (κ3) is 2.97. The zero-order valence-corrected chi connectivity index (χ0v) is 11.7. The molecule has 0 aliphatic heterocycles. The third-order valence-electron chi connectivity index (χ3n) is 3.37. The van der Waals surface area contributed by atoms with E-state index in [9.17, 15) is 0 Å². The van der Waals surface area contributed by atoms with Crippen LogP contribution >= 0.6 is 0 Å². The number of hydrogen-bond donors (Lipinski definition) is 3. The smallest absolute Gasteiger partial charge is 0.170 e. The number of rotatable bonds is 5. The Morgan fingerprint density at radius 1 is 1.35 bits per heavy atom. The van der Waals surface area contributed by atoms with E-state index in [-0.39, 0.29) is 5.84 Å². The molecule has 6 nitrogen and oxygen atoms in total. The molecule has 106 valence electrons. The molecule has 4 N–H and O–H groups in total. The van der Waals surface area contributed by atoms with Crippen molar-refractivity contribution in [1.82, 2.24) is 15.1 Å². The van der Waals surface area contributed by atoms with Crippen LogP contribution in [0.15, 0.2) is 35.6 Å². The van der Waals surface area contributed by atoms with Crippen molar-refractivity contribution in [2.45, 2.75) is 20.0 Å². The summed E-state index contributed by atoms with van der Waals surface area (Å²) in [5.41, 5.74) is 9.70. The maximum Gasteiger partial charge on any atom is 0.170 e. The first-order valence-electron chi connectivity index (χ1n) is 6.37. The summed E-state index contributed by atoms with van der Waals surface area (Å²) in [4.78, 5) is 0. The average molecular weight is 273 g/mol. The minimum Gasteiger partial charge on any atom is -0.409 e. The number of nitrogens with zero attached hydrogens (tertiary/aromatic N) is 3. The van der Waals surface area contributed by atoms with Crippen LogP contribution in [0.25, 0.3) is 0 Å². The molecule has 0 spiro atoms. The first-order chi connectivity index (χ1) is 9.63. The van der Waals surface area contributed by atoms with Crippen molar-refractivity contribution in [3.63, 3.8) is 0 Å². The van der Waals surface area contributed by atoms with E-state index in [4.69, 9.17) is 10.9 Å². The van der Waals surface area contributed by atoms with Gasteiger partial charge in [0.2, 0.25) is 0 Å². The Labute approximate surface area is 117 Å². The van der Waals surface area contributed by atoms with Crippen molar-refractivity contribution in [2.75, 3.05) is 0 Å². The molecule has 6 heteroatoms. The Morgan fingerprint density at radius 2 is 2.05 bits per heavy atom. The number of oxime groups is 1. The zero-order chi connectivity index (χ0) is 14.5. The Bertz CT molecular complexity index is 618.